The van der Waals surface area contributed by atoms with Crippen molar-refractivity contribution in [2.24, 2.45) is 5.92 Å². The number of hydrogen-bond acceptors (Lipinski definition) is 4. The highest BCUT2D eigenvalue weighted by atomic mass is 32.1. The van der Waals surface area contributed by atoms with Crippen molar-refractivity contribution in [1.82, 2.24) is 0 Å². The maximum absolute atomic E-state index is 12.2. The van der Waals surface area contributed by atoms with Crippen molar-refractivity contribution in [2.75, 3.05) is 11.9 Å². The van der Waals surface area contributed by atoms with E-state index >= 15 is 0 Å². The third kappa shape index (κ3) is 3.77. The second kappa shape index (κ2) is 7.50. The molecule has 1 aromatic carbocycles. The van der Waals surface area contributed by atoms with Gasteiger partial charge in [0.2, 0.25) is 5.91 Å². The monoisotopic (exact) mass is 340 g/mol. The van der Waals surface area contributed by atoms with Crippen molar-refractivity contribution in [3.05, 3.63) is 46.3 Å². The smallest absolute Gasteiger partial charge is 0.228 e. The van der Waals surface area contributed by atoms with Gasteiger partial charge in [0, 0.05) is 4.88 Å². The molecule has 0 saturated carbocycles. The lowest BCUT2D eigenvalue weighted by atomic mass is 9.89. The number of ether oxygens (including phenoxy) is 1. The van der Waals surface area contributed by atoms with Crippen LogP contribution in [0.3, 0.4) is 0 Å². The van der Waals surface area contributed by atoms with Crippen molar-refractivity contribution in [2.45, 2.75) is 32.6 Å². The van der Waals surface area contributed by atoms with Crippen LogP contribution < -0.4 is 10.1 Å². The summed E-state index contributed by atoms with van der Waals surface area (Å²) in [5.41, 5.74) is 1.79. The fourth-order valence-electron chi connectivity index (χ4n) is 2.92. The van der Waals surface area contributed by atoms with E-state index in [1.807, 2.05) is 30.3 Å². The lowest BCUT2D eigenvalue weighted by molar-refractivity contribution is -0.116. The van der Waals surface area contributed by atoms with Crippen LogP contribution in [0, 0.1) is 17.2 Å². The Morgan fingerprint density at radius 3 is 2.96 bits per heavy atom. The standard InChI is InChI=1S/C19H20N2O2S/c1-13-7-8-15-16(12-20)19(24-17(15)11-13)21-18(22)9-10-23-14-5-3-2-4-6-14/h2-6,13H,7-11H2,1H3,(H,21,22)/t13-/m1/s1. The Morgan fingerprint density at radius 1 is 1.42 bits per heavy atom. The Morgan fingerprint density at radius 2 is 2.21 bits per heavy atom. The quantitative estimate of drug-likeness (QED) is 0.889. The summed E-state index contributed by atoms with van der Waals surface area (Å²) < 4.78 is 5.54. The zero-order chi connectivity index (χ0) is 16.9. The van der Waals surface area contributed by atoms with E-state index in [9.17, 15) is 10.1 Å². The average molecular weight is 340 g/mol. The van der Waals surface area contributed by atoms with Gasteiger partial charge in [0.25, 0.3) is 0 Å². The van der Waals surface area contributed by atoms with Gasteiger partial charge in [-0.2, -0.15) is 5.26 Å². The van der Waals surface area contributed by atoms with Crippen molar-refractivity contribution in [3.63, 3.8) is 0 Å². The Kier molecular flexibility index (Phi) is 5.17. The van der Waals surface area contributed by atoms with Crippen LogP contribution in [0.1, 0.15) is 35.8 Å². The molecule has 1 amide bonds. The number of hydrogen-bond donors (Lipinski definition) is 1. The molecule has 0 unspecified atom stereocenters. The molecule has 1 aliphatic rings. The SMILES string of the molecule is C[C@@H]1CCc2c(sc(NC(=O)CCOc3ccccc3)c2C#N)C1. The van der Waals surface area contributed by atoms with Gasteiger partial charge in [0.05, 0.1) is 18.6 Å². The minimum atomic E-state index is -0.117. The second-order valence-electron chi connectivity index (χ2n) is 6.13. The number of amides is 1. The van der Waals surface area contributed by atoms with E-state index in [4.69, 9.17) is 4.74 Å². The van der Waals surface area contributed by atoms with Gasteiger partial charge in [-0.1, -0.05) is 25.1 Å². The first-order chi connectivity index (χ1) is 11.7. The first-order valence-corrected chi connectivity index (χ1v) is 9.01. The van der Waals surface area contributed by atoms with E-state index in [2.05, 4.69) is 18.3 Å². The van der Waals surface area contributed by atoms with E-state index in [1.165, 1.54) is 4.88 Å². The van der Waals surface area contributed by atoms with Crippen molar-refractivity contribution >= 4 is 22.2 Å². The number of benzene rings is 1. The fourth-order valence-corrected chi connectivity index (χ4v) is 4.30. The number of rotatable bonds is 5. The summed E-state index contributed by atoms with van der Waals surface area (Å²) in [6, 6.07) is 11.7. The van der Waals surface area contributed by atoms with E-state index in [0.717, 1.165) is 30.6 Å². The van der Waals surface area contributed by atoms with Crippen LogP contribution in [0.15, 0.2) is 30.3 Å². The summed E-state index contributed by atoms with van der Waals surface area (Å²) in [6.07, 6.45) is 3.31. The van der Waals surface area contributed by atoms with Crippen LogP contribution in [0.25, 0.3) is 0 Å². The summed E-state index contributed by atoms with van der Waals surface area (Å²) in [5.74, 6) is 1.28. The highest BCUT2D eigenvalue weighted by molar-refractivity contribution is 7.16. The summed E-state index contributed by atoms with van der Waals surface area (Å²) in [6.45, 7) is 2.55. The van der Waals surface area contributed by atoms with Crippen LogP contribution in [-0.4, -0.2) is 12.5 Å². The lowest BCUT2D eigenvalue weighted by Gasteiger charge is -2.17. The number of thiophene rings is 1. The van der Waals surface area contributed by atoms with E-state index in [-0.39, 0.29) is 12.3 Å². The van der Waals surface area contributed by atoms with Gasteiger partial charge in [-0.15, -0.1) is 11.3 Å². The Hall–Kier alpha value is -2.32. The predicted molar refractivity (Wildman–Crippen MR) is 95.4 cm³/mol. The summed E-state index contributed by atoms with van der Waals surface area (Å²) >= 11 is 1.55. The zero-order valence-corrected chi connectivity index (χ0v) is 14.5. The topological polar surface area (TPSA) is 62.1 Å². The molecule has 3 rings (SSSR count). The molecule has 1 heterocycles. The maximum Gasteiger partial charge on any atom is 0.228 e. The van der Waals surface area contributed by atoms with Crippen LogP contribution in [0.2, 0.25) is 0 Å². The molecule has 0 saturated heterocycles. The molecule has 0 fully saturated rings. The highest BCUT2D eigenvalue weighted by Crippen LogP contribution is 2.39. The number of nitrogens with one attached hydrogen (secondary N) is 1. The summed E-state index contributed by atoms with van der Waals surface area (Å²) in [4.78, 5) is 13.4. The Bertz CT molecular complexity index is 762. The van der Waals surface area contributed by atoms with Crippen molar-refractivity contribution in [3.8, 4) is 11.8 Å². The third-order valence-electron chi connectivity index (χ3n) is 4.22. The number of anilines is 1. The normalized spacial score (nSPS) is 16.1. The third-order valence-corrected chi connectivity index (χ3v) is 5.39. The predicted octanol–water partition coefficient (Wildman–Crippen LogP) is 4.15. The van der Waals surface area contributed by atoms with Crippen molar-refractivity contribution in [1.29, 1.82) is 5.26 Å². The molecule has 2 aromatic rings. The first kappa shape index (κ1) is 16.5. The Balaban J connectivity index is 1.59. The molecule has 1 N–H and O–H groups in total. The highest BCUT2D eigenvalue weighted by Gasteiger charge is 2.24. The van der Waals surface area contributed by atoms with Crippen LogP contribution >= 0.6 is 11.3 Å². The molecule has 4 nitrogen and oxygen atoms in total. The molecular formula is C19H20N2O2S. The van der Waals surface area contributed by atoms with Crippen LogP contribution in [0.4, 0.5) is 5.00 Å². The molecule has 1 atom stereocenters. The van der Waals surface area contributed by atoms with E-state index in [0.29, 0.717) is 23.1 Å². The first-order valence-electron chi connectivity index (χ1n) is 8.19. The molecule has 124 valence electrons. The van der Waals surface area contributed by atoms with Gasteiger partial charge in [-0.3, -0.25) is 4.79 Å². The zero-order valence-electron chi connectivity index (χ0n) is 13.7. The molecule has 0 bridgehead atoms. The largest absolute Gasteiger partial charge is 0.493 e. The van der Waals surface area contributed by atoms with Gasteiger partial charge in [-0.05, 0) is 42.9 Å². The molecule has 0 radical (unpaired) electrons. The van der Waals surface area contributed by atoms with Gasteiger partial charge in [-0.25, -0.2) is 0 Å². The van der Waals surface area contributed by atoms with Crippen molar-refractivity contribution < 1.29 is 9.53 Å². The summed E-state index contributed by atoms with van der Waals surface area (Å²) in [7, 11) is 0. The molecule has 0 spiro atoms. The number of carbonyl (C=O) groups excluding carboxylic acids is 1. The van der Waals surface area contributed by atoms with Crippen LogP contribution in [-0.2, 0) is 17.6 Å². The Labute approximate surface area is 146 Å². The van der Waals surface area contributed by atoms with E-state index in [1.54, 1.807) is 11.3 Å². The lowest BCUT2D eigenvalue weighted by Crippen LogP contribution is -2.15. The minimum Gasteiger partial charge on any atom is -0.493 e. The van der Waals surface area contributed by atoms with Gasteiger partial charge >= 0.3 is 0 Å². The molecular weight excluding hydrogens is 320 g/mol. The van der Waals surface area contributed by atoms with Crippen LogP contribution in [0.5, 0.6) is 5.75 Å². The molecule has 1 aliphatic carbocycles. The fraction of sp³-hybridized carbons (Fsp3) is 0.368. The maximum atomic E-state index is 12.2. The number of nitriles is 1. The molecule has 1 aromatic heterocycles. The number of para-hydroxylation sites is 1. The molecule has 5 heteroatoms. The number of fused-ring (bicyclic) bond motifs is 1. The van der Waals surface area contributed by atoms with Gasteiger partial charge in [0.1, 0.15) is 16.8 Å². The van der Waals surface area contributed by atoms with E-state index < -0.39 is 0 Å². The number of nitrogens with zero attached hydrogens (tertiary/aromatic N) is 1. The molecule has 24 heavy (non-hydrogen) atoms. The second-order valence-corrected chi connectivity index (χ2v) is 7.23. The average Bonchev–Trinajstić information content (AvgIpc) is 2.91. The summed E-state index contributed by atoms with van der Waals surface area (Å²) in [5, 5.41) is 13.0. The number of carbonyl (C=O) groups is 1. The van der Waals surface area contributed by atoms with Gasteiger partial charge in [0.15, 0.2) is 0 Å². The molecule has 0 aliphatic heterocycles. The van der Waals surface area contributed by atoms with Gasteiger partial charge < -0.3 is 10.1 Å². The minimum absolute atomic E-state index is 0.117.